The molecule has 3 aromatic rings. The van der Waals surface area contributed by atoms with E-state index in [1.54, 1.807) is 6.07 Å². The third-order valence-electron chi connectivity index (χ3n) is 4.83. The fourth-order valence-electron chi connectivity index (χ4n) is 3.09. The minimum atomic E-state index is -3.99. The number of nitro benzene ring substituents is 1. The Bertz CT molecular complexity index is 1260. The van der Waals surface area contributed by atoms with Gasteiger partial charge in [-0.25, -0.2) is 13.2 Å². The monoisotopic (exact) mass is 470 g/mol. The SMILES string of the molecule is COc1ccc(C(=O)OCc2cccc([N+](=O)[O-])c2)cc1S(=O)(=O)N(C)Cc1ccccc1. The highest BCUT2D eigenvalue weighted by molar-refractivity contribution is 7.89. The zero-order valence-corrected chi connectivity index (χ0v) is 18.8. The van der Waals surface area contributed by atoms with Crippen LogP contribution in [0.2, 0.25) is 0 Å². The summed E-state index contributed by atoms with van der Waals surface area (Å²) >= 11 is 0. The molecule has 0 aromatic heterocycles. The first-order chi connectivity index (χ1) is 15.7. The van der Waals surface area contributed by atoms with Gasteiger partial charge in [-0.3, -0.25) is 10.1 Å². The predicted octanol–water partition coefficient (Wildman–Crippen LogP) is 3.78. The van der Waals surface area contributed by atoms with Crippen LogP contribution >= 0.6 is 0 Å². The maximum atomic E-state index is 13.2. The third kappa shape index (κ3) is 5.73. The zero-order chi connectivity index (χ0) is 24.0. The van der Waals surface area contributed by atoms with Gasteiger partial charge in [-0.15, -0.1) is 0 Å². The second kappa shape index (κ2) is 10.2. The number of ether oxygens (including phenoxy) is 2. The number of nitro groups is 1. The number of carbonyl (C=O) groups is 1. The van der Waals surface area contributed by atoms with E-state index in [2.05, 4.69) is 0 Å². The molecule has 0 bridgehead atoms. The van der Waals surface area contributed by atoms with E-state index in [0.717, 1.165) is 5.56 Å². The summed E-state index contributed by atoms with van der Waals surface area (Å²) in [4.78, 5) is 22.8. The second-order valence-corrected chi connectivity index (χ2v) is 9.13. The van der Waals surface area contributed by atoms with Crippen LogP contribution in [0.1, 0.15) is 21.5 Å². The number of non-ortho nitro benzene ring substituents is 1. The number of sulfonamides is 1. The van der Waals surface area contributed by atoms with Crippen molar-refractivity contribution in [3.05, 3.63) is 99.6 Å². The van der Waals surface area contributed by atoms with Gasteiger partial charge in [0, 0.05) is 25.7 Å². The van der Waals surface area contributed by atoms with Crippen LogP contribution in [0.4, 0.5) is 5.69 Å². The van der Waals surface area contributed by atoms with Crippen molar-refractivity contribution in [1.82, 2.24) is 4.31 Å². The van der Waals surface area contributed by atoms with Gasteiger partial charge in [0.05, 0.1) is 17.6 Å². The molecule has 0 atom stereocenters. The number of rotatable bonds is 9. The fourth-order valence-corrected chi connectivity index (χ4v) is 4.43. The van der Waals surface area contributed by atoms with E-state index in [9.17, 15) is 23.3 Å². The number of methoxy groups -OCH3 is 1. The minimum absolute atomic E-state index is 0.00733. The van der Waals surface area contributed by atoms with Gasteiger partial charge in [-0.05, 0) is 29.3 Å². The van der Waals surface area contributed by atoms with Crippen LogP contribution in [0.25, 0.3) is 0 Å². The lowest BCUT2D eigenvalue weighted by Gasteiger charge is -2.19. The van der Waals surface area contributed by atoms with Gasteiger partial charge in [0.25, 0.3) is 5.69 Å². The number of hydrogen-bond donors (Lipinski definition) is 0. The molecular formula is C23H22N2O7S. The summed E-state index contributed by atoms with van der Waals surface area (Å²) in [7, 11) is -1.21. The lowest BCUT2D eigenvalue weighted by atomic mass is 10.2. The summed E-state index contributed by atoms with van der Waals surface area (Å²) < 4.78 is 38.0. The van der Waals surface area contributed by atoms with Gasteiger partial charge in [-0.2, -0.15) is 4.31 Å². The molecule has 0 unspecified atom stereocenters. The highest BCUT2D eigenvalue weighted by atomic mass is 32.2. The molecule has 0 spiro atoms. The number of benzene rings is 3. The second-order valence-electron chi connectivity index (χ2n) is 7.12. The van der Waals surface area contributed by atoms with E-state index < -0.39 is 20.9 Å². The van der Waals surface area contributed by atoms with Crippen molar-refractivity contribution in [2.45, 2.75) is 18.0 Å². The van der Waals surface area contributed by atoms with Gasteiger partial charge in [0.1, 0.15) is 17.3 Å². The lowest BCUT2D eigenvalue weighted by molar-refractivity contribution is -0.384. The fraction of sp³-hybridized carbons (Fsp3) is 0.174. The standard InChI is InChI=1S/C23H22N2O7S/c1-24(15-17-7-4-3-5-8-17)33(29,30)22-14-19(11-12-21(22)31-2)23(26)32-16-18-9-6-10-20(13-18)25(27)28/h3-14H,15-16H2,1-2H3. The molecule has 33 heavy (non-hydrogen) atoms. The Morgan fingerprint density at radius 2 is 1.70 bits per heavy atom. The molecular weight excluding hydrogens is 448 g/mol. The first-order valence-corrected chi connectivity index (χ1v) is 11.2. The molecule has 0 aliphatic carbocycles. The molecule has 0 amide bonds. The third-order valence-corrected chi connectivity index (χ3v) is 6.65. The van der Waals surface area contributed by atoms with Crippen LogP contribution < -0.4 is 4.74 Å². The van der Waals surface area contributed by atoms with Crippen LogP contribution in [-0.2, 0) is 27.9 Å². The molecule has 172 valence electrons. The molecule has 0 fully saturated rings. The van der Waals surface area contributed by atoms with Crippen molar-refractivity contribution in [2.24, 2.45) is 0 Å². The van der Waals surface area contributed by atoms with Crippen molar-refractivity contribution in [3.8, 4) is 5.75 Å². The predicted molar refractivity (Wildman–Crippen MR) is 120 cm³/mol. The van der Waals surface area contributed by atoms with E-state index in [1.807, 2.05) is 30.3 Å². The van der Waals surface area contributed by atoms with Gasteiger partial charge in [0.2, 0.25) is 10.0 Å². The number of carbonyl (C=O) groups excluding carboxylic acids is 1. The number of nitrogens with zero attached hydrogens (tertiary/aromatic N) is 2. The topological polar surface area (TPSA) is 116 Å². The molecule has 0 saturated heterocycles. The highest BCUT2D eigenvalue weighted by Crippen LogP contribution is 2.28. The Labute approximate surface area is 191 Å². The molecule has 0 saturated carbocycles. The molecule has 0 aliphatic heterocycles. The molecule has 0 aliphatic rings. The first kappa shape index (κ1) is 23.9. The van der Waals surface area contributed by atoms with Crippen LogP contribution in [0, 0.1) is 10.1 Å². The maximum absolute atomic E-state index is 13.2. The van der Waals surface area contributed by atoms with Crippen molar-refractivity contribution in [1.29, 1.82) is 0 Å². The summed E-state index contributed by atoms with van der Waals surface area (Å²) in [5.74, 6) is -0.684. The largest absolute Gasteiger partial charge is 0.495 e. The zero-order valence-electron chi connectivity index (χ0n) is 18.0. The van der Waals surface area contributed by atoms with Gasteiger partial charge in [-0.1, -0.05) is 42.5 Å². The van der Waals surface area contributed by atoms with Gasteiger partial charge >= 0.3 is 5.97 Å². The Morgan fingerprint density at radius 1 is 1.00 bits per heavy atom. The molecule has 3 rings (SSSR count). The molecule has 3 aromatic carbocycles. The molecule has 0 N–H and O–H groups in total. The maximum Gasteiger partial charge on any atom is 0.338 e. The van der Waals surface area contributed by atoms with Gasteiger partial charge < -0.3 is 9.47 Å². The van der Waals surface area contributed by atoms with Crippen LogP contribution in [0.3, 0.4) is 0 Å². The Hall–Kier alpha value is -3.76. The summed E-state index contributed by atoms with van der Waals surface area (Å²) in [6, 6.07) is 18.8. The molecule has 0 heterocycles. The summed E-state index contributed by atoms with van der Waals surface area (Å²) in [6.45, 7) is -0.0731. The summed E-state index contributed by atoms with van der Waals surface area (Å²) in [5.41, 5.74) is 1.12. The van der Waals surface area contributed by atoms with Crippen LogP contribution in [0.15, 0.2) is 77.7 Å². The number of esters is 1. The summed E-state index contributed by atoms with van der Waals surface area (Å²) in [6.07, 6.45) is 0. The van der Waals surface area contributed by atoms with E-state index in [0.29, 0.717) is 5.56 Å². The van der Waals surface area contributed by atoms with Crippen molar-refractivity contribution < 1.29 is 27.6 Å². The van der Waals surface area contributed by atoms with E-state index in [4.69, 9.17) is 9.47 Å². The van der Waals surface area contributed by atoms with Crippen molar-refractivity contribution >= 4 is 21.7 Å². The summed E-state index contributed by atoms with van der Waals surface area (Å²) in [5, 5.41) is 10.9. The van der Waals surface area contributed by atoms with Crippen molar-refractivity contribution in [2.75, 3.05) is 14.2 Å². The van der Waals surface area contributed by atoms with Crippen LogP contribution in [-0.4, -0.2) is 37.8 Å². The lowest BCUT2D eigenvalue weighted by Crippen LogP contribution is -2.27. The average Bonchev–Trinajstić information content (AvgIpc) is 2.82. The van der Waals surface area contributed by atoms with Crippen molar-refractivity contribution in [3.63, 3.8) is 0 Å². The Morgan fingerprint density at radius 3 is 2.36 bits per heavy atom. The molecule has 0 radical (unpaired) electrons. The van der Waals surface area contributed by atoms with E-state index in [-0.39, 0.29) is 35.0 Å². The molecule has 9 nitrogen and oxygen atoms in total. The Kier molecular flexibility index (Phi) is 7.41. The molecule has 10 heteroatoms. The van der Waals surface area contributed by atoms with Crippen LogP contribution in [0.5, 0.6) is 5.75 Å². The van der Waals surface area contributed by atoms with Gasteiger partial charge in [0.15, 0.2) is 0 Å². The van der Waals surface area contributed by atoms with E-state index in [1.165, 1.54) is 54.9 Å². The first-order valence-electron chi connectivity index (χ1n) is 9.81. The smallest absolute Gasteiger partial charge is 0.338 e. The minimum Gasteiger partial charge on any atom is -0.495 e. The quantitative estimate of drug-likeness (QED) is 0.265. The normalized spacial score (nSPS) is 11.2. The van der Waals surface area contributed by atoms with E-state index >= 15 is 0 Å². The highest BCUT2D eigenvalue weighted by Gasteiger charge is 2.26. The Balaban J connectivity index is 1.81. The average molecular weight is 471 g/mol. The number of hydrogen-bond acceptors (Lipinski definition) is 7.